The molecule has 1 unspecified atom stereocenters. The van der Waals surface area contributed by atoms with Crippen LogP contribution >= 0.6 is 0 Å². The highest BCUT2D eigenvalue weighted by molar-refractivity contribution is 5.71. The largest absolute Gasteiger partial charge is 0.364 e. The number of benzene rings is 2. The van der Waals surface area contributed by atoms with Crippen molar-refractivity contribution < 1.29 is 0 Å². The van der Waals surface area contributed by atoms with Crippen molar-refractivity contribution in [2.45, 2.75) is 57.4 Å². The predicted octanol–water partition coefficient (Wildman–Crippen LogP) is 6.43. The first-order valence-corrected chi connectivity index (χ1v) is 10.7. The molecule has 0 spiro atoms. The average Bonchev–Trinajstić information content (AvgIpc) is 3.01. The molecule has 152 valence electrons. The van der Waals surface area contributed by atoms with Gasteiger partial charge in [0.25, 0.3) is 0 Å². The van der Waals surface area contributed by atoms with Gasteiger partial charge >= 0.3 is 0 Å². The Bertz CT molecular complexity index is 995. The Morgan fingerprint density at radius 3 is 2.00 bits per heavy atom. The third kappa shape index (κ3) is 2.54. The number of anilines is 2. The smallest absolute Gasteiger partial charge is 0.0673 e. The van der Waals surface area contributed by atoms with Crippen LogP contribution in [0.5, 0.6) is 0 Å². The van der Waals surface area contributed by atoms with E-state index in [0.29, 0.717) is 0 Å². The summed E-state index contributed by atoms with van der Waals surface area (Å²) < 4.78 is 0. The average molecular weight is 387 g/mol. The van der Waals surface area contributed by atoms with Crippen molar-refractivity contribution >= 4 is 11.4 Å². The molecule has 0 radical (unpaired) electrons. The zero-order valence-electron chi connectivity index (χ0n) is 19.0. The minimum absolute atomic E-state index is 0.00905. The molecule has 0 aromatic heterocycles. The molecule has 2 aliphatic heterocycles. The van der Waals surface area contributed by atoms with E-state index in [4.69, 9.17) is 0 Å². The van der Waals surface area contributed by atoms with Crippen molar-refractivity contribution in [2.24, 2.45) is 0 Å². The molecule has 2 nitrogen and oxygen atoms in total. The normalized spacial score (nSPS) is 25.7. The molecule has 2 aromatic rings. The molecule has 0 saturated heterocycles. The van der Waals surface area contributed by atoms with Gasteiger partial charge < -0.3 is 9.80 Å². The molecule has 0 saturated carbocycles. The quantitative estimate of drug-likeness (QED) is 0.600. The van der Waals surface area contributed by atoms with Crippen LogP contribution in [0.2, 0.25) is 0 Å². The molecular weight excluding hydrogens is 352 g/mol. The number of likely N-dealkylation sites (N-methyl/N-ethyl adjacent to an activating group) is 2. The molecule has 1 atom stereocenters. The summed E-state index contributed by atoms with van der Waals surface area (Å²) in [5, 5.41) is 0. The van der Waals surface area contributed by atoms with Crippen LogP contribution in [0.25, 0.3) is 0 Å². The Morgan fingerprint density at radius 1 is 0.828 bits per heavy atom. The van der Waals surface area contributed by atoms with Crippen LogP contribution < -0.4 is 9.80 Å². The molecule has 0 N–H and O–H groups in total. The Balaban J connectivity index is 1.74. The lowest BCUT2D eigenvalue weighted by Gasteiger charge is -2.44. The lowest BCUT2D eigenvalue weighted by molar-refractivity contribution is 0.324. The van der Waals surface area contributed by atoms with Crippen molar-refractivity contribution in [1.82, 2.24) is 0 Å². The third-order valence-electron chi connectivity index (χ3n) is 7.73. The summed E-state index contributed by atoms with van der Waals surface area (Å²) >= 11 is 0. The first-order chi connectivity index (χ1) is 13.7. The maximum atomic E-state index is 2.48. The van der Waals surface area contributed by atoms with Gasteiger partial charge in [-0.05, 0) is 35.8 Å². The lowest BCUT2D eigenvalue weighted by atomic mass is 9.68. The number of hydrogen-bond donors (Lipinski definition) is 0. The van der Waals surface area contributed by atoms with E-state index in [1.54, 1.807) is 0 Å². The minimum Gasteiger partial charge on any atom is -0.364 e. The first-order valence-electron chi connectivity index (χ1n) is 10.7. The van der Waals surface area contributed by atoms with Gasteiger partial charge in [-0.15, -0.1) is 0 Å². The van der Waals surface area contributed by atoms with Crippen LogP contribution in [-0.2, 0) is 10.8 Å². The minimum atomic E-state index is -0.0398. The first kappa shape index (κ1) is 19.8. The molecule has 2 aliphatic rings. The summed E-state index contributed by atoms with van der Waals surface area (Å²) in [5.74, 6) is 0. The topological polar surface area (TPSA) is 6.48 Å². The molecule has 0 fully saturated rings. The molecule has 0 bridgehead atoms. The standard InChI is InChI=1S/C27H34N2/c1-8-27(26(4,5)21-15-10-12-17-23(21)29(27)7)19-13-18-24-25(2,3)20-14-9-11-16-22(20)28(24)6/h9-19H,8H2,1-7H3/b19-13+,24-18+. The molecule has 2 heteroatoms. The van der Waals surface area contributed by atoms with Gasteiger partial charge in [-0.2, -0.15) is 0 Å². The van der Waals surface area contributed by atoms with Crippen molar-refractivity contribution in [3.63, 3.8) is 0 Å². The summed E-state index contributed by atoms with van der Waals surface area (Å²) in [6, 6.07) is 17.6. The molecule has 29 heavy (non-hydrogen) atoms. The Morgan fingerprint density at radius 2 is 1.41 bits per heavy atom. The highest BCUT2D eigenvalue weighted by Crippen LogP contribution is 2.53. The SMILES string of the molecule is CCC1(/C=C/C=C2/N(C)c3ccccc3C2(C)C)N(C)c2ccccc2C1(C)C. The summed E-state index contributed by atoms with van der Waals surface area (Å²) in [4.78, 5) is 4.83. The van der Waals surface area contributed by atoms with E-state index in [0.717, 1.165) is 6.42 Å². The zero-order valence-corrected chi connectivity index (χ0v) is 19.0. The Labute approximate surface area is 176 Å². The van der Waals surface area contributed by atoms with Gasteiger partial charge in [0, 0.05) is 42.0 Å². The van der Waals surface area contributed by atoms with Crippen molar-refractivity contribution in [2.75, 3.05) is 23.9 Å². The van der Waals surface area contributed by atoms with Crippen molar-refractivity contribution in [3.05, 3.63) is 83.6 Å². The van der Waals surface area contributed by atoms with Gasteiger partial charge in [0.1, 0.15) is 0 Å². The Hall–Kier alpha value is -2.48. The van der Waals surface area contributed by atoms with E-state index in [-0.39, 0.29) is 16.4 Å². The van der Waals surface area contributed by atoms with Crippen LogP contribution in [0.15, 0.2) is 72.5 Å². The summed E-state index contributed by atoms with van der Waals surface area (Å²) in [6.07, 6.45) is 8.12. The molecule has 0 aliphatic carbocycles. The number of rotatable bonds is 3. The molecule has 2 heterocycles. The molecule has 4 rings (SSSR count). The second-order valence-electron chi connectivity index (χ2n) is 9.59. The van der Waals surface area contributed by atoms with Gasteiger partial charge in [0.2, 0.25) is 0 Å². The molecule has 0 amide bonds. The van der Waals surface area contributed by atoms with E-state index in [2.05, 4.69) is 125 Å². The number of para-hydroxylation sites is 2. The van der Waals surface area contributed by atoms with E-state index in [1.807, 2.05) is 0 Å². The van der Waals surface area contributed by atoms with E-state index in [1.165, 1.54) is 28.2 Å². The Kier molecular flexibility index (Phi) is 4.45. The van der Waals surface area contributed by atoms with Gasteiger partial charge in [0.05, 0.1) is 5.54 Å². The second-order valence-corrected chi connectivity index (χ2v) is 9.59. The van der Waals surface area contributed by atoms with Gasteiger partial charge in [-0.1, -0.05) is 83.2 Å². The van der Waals surface area contributed by atoms with E-state index in [9.17, 15) is 0 Å². The third-order valence-corrected chi connectivity index (χ3v) is 7.73. The fourth-order valence-corrected chi connectivity index (χ4v) is 5.88. The summed E-state index contributed by atoms with van der Waals surface area (Å²) in [7, 11) is 4.43. The van der Waals surface area contributed by atoms with Crippen LogP contribution in [0.4, 0.5) is 11.4 Å². The highest BCUT2D eigenvalue weighted by Gasteiger charge is 2.52. The fourth-order valence-electron chi connectivity index (χ4n) is 5.88. The van der Waals surface area contributed by atoms with Crippen LogP contribution in [0, 0.1) is 0 Å². The zero-order chi connectivity index (χ0) is 21.0. The monoisotopic (exact) mass is 386 g/mol. The van der Waals surface area contributed by atoms with E-state index >= 15 is 0 Å². The van der Waals surface area contributed by atoms with Crippen molar-refractivity contribution in [1.29, 1.82) is 0 Å². The summed E-state index contributed by atoms with van der Waals surface area (Å²) in [6.45, 7) is 11.7. The molecular formula is C27H34N2. The van der Waals surface area contributed by atoms with Crippen LogP contribution in [0.3, 0.4) is 0 Å². The number of fused-ring (bicyclic) bond motifs is 2. The van der Waals surface area contributed by atoms with Crippen molar-refractivity contribution in [3.8, 4) is 0 Å². The van der Waals surface area contributed by atoms with Crippen LogP contribution in [-0.4, -0.2) is 19.6 Å². The number of hydrogen-bond acceptors (Lipinski definition) is 2. The van der Waals surface area contributed by atoms with Gasteiger partial charge in [-0.25, -0.2) is 0 Å². The van der Waals surface area contributed by atoms with Gasteiger partial charge in [-0.3, -0.25) is 0 Å². The maximum Gasteiger partial charge on any atom is 0.0673 e. The fraction of sp³-hybridized carbons (Fsp3) is 0.407. The van der Waals surface area contributed by atoms with E-state index < -0.39 is 0 Å². The van der Waals surface area contributed by atoms with Crippen LogP contribution in [0.1, 0.15) is 52.2 Å². The van der Waals surface area contributed by atoms with Gasteiger partial charge in [0.15, 0.2) is 0 Å². The predicted molar refractivity (Wildman–Crippen MR) is 126 cm³/mol. The lowest BCUT2D eigenvalue weighted by Crippen LogP contribution is -2.52. The summed E-state index contributed by atoms with van der Waals surface area (Å²) in [5.41, 5.74) is 6.86. The second kappa shape index (κ2) is 6.52. The number of allylic oxidation sites excluding steroid dienone is 3. The molecule has 2 aromatic carbocycles. The maximum absolute atomic E-state index is 2.48. The number of nitrogens with zero attached hydrogens (tertiary/aromatic N) is 2. The highest BCUT2D eigenvalue weighted by atomic mass is 15.2.